The zero-order chi connectivity index (χ0) is 28.3. The van der Waals surface area contributed by atoms with Crippen LogP contribution in [0.3, 0.4) is 0 Å². The predicted molar refractivity (Wildman–Crippen MR) is 134 cm³/mol. The topological polar surface area (TPSA) is 209 Å². The number of aryl methyl sites for hydroxylation is 2. The molecule has 1 aromatic heterocycles. The van der Waals surface area contributed by atoms with Crippen LogP contribution >= 0.6 is 0 Å². The van der Waals surface area contributed by atoms with Gasteiger partial charge in [0.05, 0.1) is 23.1 Å². The second-order valence-electron chi connectivity index (χ2n) is 7.62. The SMILES string of the molecule is COC(=O)c1ccccc1S(=O)(=O)NC(=N)N(NS(=O)(=O)c1ccccc1C(=O)O)c1nc(C)cc(C)n1. The highest BCUT2D eigenvalue weighted by Crippen LogP contribution is 2.19. The number of nitrogens with one attached hydrogen (secondary N) is 3. The van der Waals surface area contributed by atoms with Crippen LogP contribution in [0, 0.1) is 19.3 Å². The van der Waals surface area contributed by atoms with Crippen LogP contribution < -0.4 is 14.6 Å². The first kappa shape index (κ1) is 28.2. The summed E-state index contributed by atoms with van der Waals surface area (Å²) in [5.41, 5.74) is -0.190. The minimum absolute atomic E-state index is 0.333. The third kappa shape index (κ3) is 6.10. The van der Waals surface area contributed by atoms with Gasteiger partial charge >= 0.3 is 11.9 Å². The van der Waals surface area contributed by atoms with E-state index in [1.807, 2.05) is 9.55 Å². The van der Waals surface area contributed by atoms with Gasteiger partial charge in [-0.1, -0.05) is 24.3 Å². The normalized spacial score (nSPS) is 11.4. The molecule has 0 aliphatic heterocycles. The minimum atomic E-state index is -4.73. The fourth-order valence-electron chi connectivity index (χ4n) is 3.25. The molecule has 0 spiro atoms. The number of carboxylic acid groups (broad SMARTS) is 1. The Morgan fingerprint density at radius 2 is 1.39 bits per heavy atom. The Morgan fingerprint density at radius 3 is 1.92 bits per heavy atom. The number of carbonyl (C=O) groups is 2. The van der Waals surface area contributed by atoms with Crippen molar-refractivity contribution in [1.82, 2.24) is 19.5 Å². The second kappa shape index (κ2) is 10.9. The molecule has 0 saturated carbocycles. The van der Waals surface area contributed by atoms with Crippen LogP contribution in [0.5, 0.6) is 0 Å². The Hall–Kier alpha value is -4.41. The van der Waals surface area contributed by atoms with Crippen molar-refractivity contribution >= 4 is 43.9 Å². The monoisotopic (exact) mass is 562 g/mol. The summed E-state index contributed by atoms with van der Waals surface area (Å²) >= 11 is 0. The maximum absolute atomic E-state index is 13.2. The first-order valence-corrected chi connectivity index (χ1v) is 13.5. The number of hydrogen-bond acceptors (Lipinski definition) is 10. The van der Waals surface area contributed by atoms with Crippen LogP contribution in [-0.2, 0) is 24.8 Å². The molecule has 14 nitrogen and oxygen atoms in total. The summed E-state index contributed by atoms with van der Waals surface area (Å²) in [6, 6.07) is 11.3. The van der Waals surface area contributed by atoms with Crippen molar-refractivity contribution in [2.75, 3.05) is 12.1 Å². The molecule has 3 aromatic rings. The number of benzene rings is 2. The van der Waals surface area contributed by atoms with Crippen molar-refractivity contribution in [3.63, 3.8) is 0 Å². The Morgan fingerprint density at radius 1 is 0.895 bits per heavy atom. The molecule has 0 amide bonds. The summed E-state index contributed by atoms with van der Waals surface area (Å²) in [6.07, 6.45) is 0. The van der Waals surface area contributed by atoms with E-state index in [-0.39, 0.29) is 5.56 Å². The molecule has 0 bridgehead atoms. The van der Waals surface area contributed by atoms with Crippen LogP contribution in [0.2, 0.25) is 0 Å². The lowest BCUT2D eigenvalue weighted by atomic mass is 10.2. The molecule has 16 heteroatoms. The van der Waals surface area contributed by atoms with Crippen LogP contribution in [0.15, 0.2) is 64.4 Å². The van der Waals surface area contributed by atoms with Gasteiger partial charge in [-0.15, -0.1) is 4.83 Å². The summed E-state index contributed by atoms with van der Waals surface area (Å²) in [5.74, 6) is -4.01. The number of nitrogens with zero attached hydrogens (tertiary/aromatic N) is 3. The number of ether oxygens (including phenoxy) is 1. The van der Waals surface area contributed by atoms with Crippen LogP contribution in [0.4, 0.5) is 5.95 Å². The van der Waals surface area contributed by atoms with Crippen LogP contribution in [0.25, 0.3) is 0 Å². The summed E-state index contributed by atoms with van der Waals surface area (Å²) in [5, 5.41) is 18.3. The highest BCUT2D eigenvalue weighted by atomic mass is 32.2. The number of methoxy groups -OCH3 is 1. The van der Waals surface area contributed by atoms with Crippen molar-refractivity contribution in [1.29, 1.82) is 5.41 Å². The van der Waals surface area contributed by atoms with E-state index in [0.717, 1.165) is 25.3 Å². The third-order valence-corrected chi connectivity index (χ3v) is 7.58. The van der Waals surface area contributed by atoms with Crippen molar-refractivity contribution in [2.45, 2.75) is 23.6 Å². The van der Waals surface area contributed by atoms with E-state index in [0.29, 0.717) is 16.4 Å². The highest BCUT2D eigenvalue weighted by molar-refractivity contribution is 7.90. The number of esters is 1. The largest absolute Gasteiger partial charge is 0.478 e. The summed E-state index contributed by atoms with van der Waals surface area (Å²) in [7, 11) is -8.34. The molecule has 200 valence electrons. The Bertz CT molecular complexity index is 1620. The smallest absolute Gasteiger partial charge is 0.339 e. The number of carbonyl (C=O) groups excluding carboxylic acids is 1. The molecule has 4 N–H and O–H groups in total. The lowest BCUT2D eigenvalue weighted by molar-refractivity contribution is 0.0595. The van der Waals surface area contributed by atoms with Gasteiger partial charge < -0.3 is 9.84 Å². The molecular formula is C22H22N6O8S2. The van der Waals surface area contributed by atoms with Gasteiger partial charge in [0.15, 0.2) is 0 Å². The Balaban J connectivity index is 2.09. The average molecular weight is 563 g/mol. The molecule has 0 unspecified atom stereocenters. The summed E-state index contributed by atoms with van der Waals surface area (Å²) < 4.78 is 59.3. The number of carboxylic acids is 1. The molecule has 0 radical (unpaired) electrons. The molecule has 0 fully saturated rings. The van der Waals surface area contributed by atoms with Gasteiger partial charge in [0.1, 0.15) is 4.90 Å². The van der Waals surface area contributed by atoms with Gasteiger partial charge in [0.25, 0.3) is 20.0 Å². The molecule has 1 heterocycles. The van der Waals surface area contributed by atoms with Crippen molar-refractivity contribution < 1.29 is 36.3 Å². The van der Waals surface area contributed by atoms with E-state index in [1.165, 1.54) is 30.3 Å². The fraction of sp³-hybridized carbons (Fsp3) is 0.136. The highest BCUT2D eigenvalue weighted by Gasteiger charge is 2.31. The number of aromatic carboxylic acids is 1. The Labute approximate surface area is 217 Å². The molecule has 0 aliphatic carbocycles. The molecule has 2 aromatic carbocycles. The maximum Gasteiger partial charge on any atom is 0.339 e. The number of rotatable bonds is 8. The van der Waals surface area contributed by atoms with Gasteiger partial charge in [0, 0.05) is 11.4 Å². The zero-order valence-electron chi connectivity index (χ0n) is 20.2. The van der Waals surface area contributed by atoms with E-state index in [9.17, 15) is 31.5 Å². The minimum Gasteiger partial charge on any atom is -0.478 e. The van der Waals surface area contributed by atoms with E-state index < -0.39 is 59.2 Å². The van der Waals surface area contributed by atoms with Crippen LogP contribution in [0.1, 0.15) is 32.1 Å². The van der Waals surface area contributed by atoms with Crippen molar-refractivity contribution in [3.8, 4) is 0 Å². The fourth-order valence-corrected chi connectivity index (χ4v) is 5.62. The average Bonchev–Trinajstić information content (AvgIpc) is 2.85. The van der Waals surface area contributed by atoms with Crippen molar-refractivity contribution in [2.24, 2.45) is 0 Å². The second-order valence-corrected chi connectivity index (χ2v) is 10.9. The standard InChI is InChI=1S/C22H22N6O8S2/c1-13-12-14(2)25-22(24-13)28(27-38(34,35)17-10-6-4-8-15(17)19(29)30)21(23)26-37(32,33)18-11-7-5-9-16(18)20(31)36-3/h4-12,27H,1-3H3,(H2,23,26)(H,29,30). The van der Waals surface area contributed by atoms with Gasteiger partial charge in [-0.25, -0.2) is 41.1 Å². The lowest BCUT2D eigenvalue weighted by Gasteiger charge is -2.24. The quantitative estimate of drug-likeness (QED) is 0.133. The molecule has 0 saturated heterocycles. The number of sulfonamides is 2. The van der Waals surface area contributed by atoms with E-state index in [4.69, 9.17) is 5.41 Å². The van der Waals surface area contributed by atoms with E-state index in [2.05, 4.69) is 14.7 Å². The molecule has 0 aliphatic rings. The van der Waals surface area contributed by atoms with Gasteiger partial charge in [-0.2, -0.15) is 5.01 Å². The number of hydrazine groups is 1. The van der Waals surface area contributed by atoms with E-state index >= 15 is 0 Å². The number of hydrogen-bond donors (Lipinski definition) is 4. The van der Waals surface area contributed by atoms with E-state index in [1.54, 1.807) is 19.9 Å². The van der Waals surface area contributed by atoms with Gasteiger partial charge in [-0.3, -0.25) is 5.41 Å². The molecule has 3 rings (SSSR count). The van der Waals surface area contributed by atoms with Gasteiger partial charge in [0.2, 0.25) is 11.9 Å². The lowest BCUT2D eigenvalue weighted by Crippen LogP contribution is -2.53. The first-order valence-electron chi connectivity index (χ1n) is 10.5. The van der Waals surface area contributed by atoms with Gasteiger partial charge in [-0.05, 0) is 44.2 Å². The number of guanidine groups is 1. The van der Waals surface area contributed by atoms with Crippen molar-refractivity contribution in [3.05, 3.63) is 77.1 Å². The maximum atomic E-state index is 13.2. The third-order valence-electron chi connectivity index (χ3n) is 4.83. The first-order chi connectivity index (χ1) is 17.8. The predicted octanol–water partition coefficient (Wildman–Crippen LogP) is 1.19. The summed E-state index contributed by atoms with van der Waals surface area (Å²) in [4.78, 5) is 32.6. The zero-order valence-corrected chi connectivity index (χ0v) is 21.8. The molecule has 0 atom stereocenters. The number of aromatic nitrogens is 2. The Kier molecular flexibility index (Phi) is 8.09. The summed E-state index contributed by atoms with van der Waals surface area (Å²) in [6.45, 7) is 3.12. The molecule has 38 heavy (non-hydrogen) atoms. The number of anilines is 1. The molecular weight excluding hydrogens is 540 g/mol. The van der Waals surface area contributed by atoms with Crippen LogP contribution in [-0.4, -0.2) is 56.9 Å².